The second kappa shape index (κ2) is 4.35. The molecule has 0 bridgehead atoms. The van der Waals surface area contributed by atoms with Crippen molar-refractivity contribution in [3.05, 3.63) is 18.2 Å². The van der Waals surface area contributed by atoms with Crippen molar-refractivity contribution in [3.8, 4) is 0 Å². The van der Waals surface area contributed by atoms with Crippen LogP contribution in [0, 0.1) is 5.92 Å². The van der Waals surface area contributed by atoms with Crippen LogP contribution in [0.4, 0.5) is 10.2 Å². The van der Waals surface area contributed by atoms with Crippen LogP contribution >= 0.6 is 0 Å². The summed E-state index contributed by atoms with van der Waals surface area (Å²) in [6.07, 6.45) is 2.75. The van der Waals surface area contributed by atoms with Gasteiger partial charge in [-0.2, -0.15) is 5.10 Å². The lowest BCUT2D eigenvalue weighted by molar-refractivity contribution is -0.253. The highest BCUT2D eigenvalue weighted by Gasteiger charge is 2.64. The number of nitrogens with two attached hydrogens (primary N) is 1. The van der Waals surface area contributed by atoms with Gasteiger partial charge in [-0.25, -0.2) is 18.9 Å². The zero-order valence-electron chi connectivity index (χ0n) is 12.1. The number of aromatic nitrogens is 4. The standard InChI is InChI=1S/C13H18FN5O2/c1-4-8-7(2)12(3,14)13(20,21-8)9-5-16-11-10(15)17-6-18-19(9)11/h5-8,20H,4H2,1-3H3,(H2,15,17,18)/t7-,8-,12-,13+/m1/s1. The van der Waals surface area contributed by atoms with Crippen molar-refractivity contribution in [2.24, 2.45) is 5.92 Å². The molecule has 114 valence electrons. The average Bonchev–Trinajstić information content (AvgIpc) is 2.95. The molecular formula is C13H18FN5O2. The fourth-order valence-corrected chi connectivity index (χ4v) is 2.91. The van der Waals surface area contributed by atoms with Gasteiger partial charge in [-0.3, -0.25) is 0 Å². The van der Waals surface area contributed by atoms with Crippen molar-refractivity contribution in [3.63, 3.8) is 0 Å². The molecule has 1 fully saturated rings. The molecule has 2 aromatic heterocycles. The third-order valence-corrected chi connectivity index (χ3v) is 4.48. The zero-order valence-corrected chi connectivity index (χ0v) is 12.1. The van der Waals surface area contributed by atoms with Crippen molar-refractivity contribution in [1.82, 2.24) is 19.6 Å². The Balaban J connectivity index is 2.19. The second-order valence-corrected chi connectivity index (χ2v) is 5.60. The van der Waals surface area contributed by atoms with E-state index in [0.29, 0.717) is 6.42 Å². The molecule has 1 saturated heterocycles. The monoisotopic (exact) mass is 295 g/mol. The largest absolute Gasteiger partial charge is 0.381 e. The smallest absolute Gasteiger partial charge is 0.247 e. The number of nitrogen functional groups attached to an aromatic ring is 1. The van der Waals surface area contributed by atoms with E-state index in [-0.39, 0.29) is 17.2 Å². The summed E-state index contributed by atoms with van der Waals surface area (Å²) in [7, 11) is 0. The van der Waals surface area contributed by atoms with Crippen LogP contribution in [0.3, 0.4) is 0 Å². The van der Waals surface area contributed by atoms with E-state index in [1.54, 1.807) is 6.92 Å². The molecule has 0 amide bonds. The predicted octanol–water partition coefficient (Wildman–Crippen LogP) is 1.02. The highest BCUT2D eigenvalue weighted by Crippen LogP contribution is 2.51. The highest BCUT2D eigenvalue weighted by atomic mass is 19.1. The lowest BCUT2D eigenvalue weighted by Gasteiger charge is -2.32. The van der Waals surface area contributed by atoms with Crippen molar-refractivity contribution in [2.45, 2.75) is 44.8 Å². The number of halogens is 1. The van der Waals surface area contributed by atoms with E-state index < -0.39 is 23.5 Å². The number of anilines is 1. The minimum atomic E-state index is -2.13. The van der Waals surface area contributed by atoms with E-state index in [4.69, 9.17) is 10.5 Å². The first-order valence-corrected chi connectivity index (χ1v) is 6.86. The Labute approximate surface area is 121 Å². The van der Waals surface area contributed by atoms with Crippen molar-refractivity contribution >= 4 is 11.5 Å². The van der Waals surface area contributed by atoms with E-state index in [0.717, 1.165) is 0 Å². The van der Waals surface area contributed by atoms with Gasteiger partial charge >= 0.3 is 0 Å². The first-order valence-electron chi connectivity index (χ1n) is 6.86. The maximum Gasteiger partial charge on any atom is 0.247 e. The SMILES string of the molecule is CC[C@H]1O[C@@](O)(c2cnc3c(N)ncnn23)[C@](C)(F)[C@@H]1C. The summed E-state index contributed by atoms with van der Waals surface area (Å²) in [5.74, 6) is -2.46. The molecule has 3 heterocycles. The van der Waals surface area contributed by atoms with Crippen LogP contribution in [0.5, 0.6) is 0 Å². The number of fused-ring (bicyclic) bond motifs is 1. The van der Waals surface area contributed by atoms with Gasteiger partial charge in [-0.15, -0.1) is 0 Å². The van der Waals surface area contributed by atoms with Gasteiger partial charge < -0.3 is 15.6 Å². The Bertz CT molecular complexity index is 688. The fraction of sp³-hybridized carbons (Fsp3) is 0.615. The molecule has 1 aliphatic heterocycles. The number of ether oxygens (including phenoxy) is 1. The molecule has 0 saturated carbocycles. The predicted molar refractivity (Wildman–Crippen MR) is 72.9 cm³/mol. The average molecular weight is 295 g/mol. The third-order valence-electron chi connectivity index (χ3n) is 4.48. The number of imidazole rings is 1. The van der Waals surface area contributed by atoms with E-state index in [1.807, 2.05) is 6.92 Å². The van der Waals surface area contributed by atoms with Crippen LogP contribution < -0.4 is 5.73 Å². The number of hydrogen-bond donors (Lipinski definition) is 2. The maximum atomic E-state index is 15.2. The lowest BCUT2D eigenvalue weighted by Crippen LogP contribution is -2.46. The molecule has 3 rings (SSSR count). The number of nitrogens with zero attached hydrogens (tertiary/aromatic N) is 4. The molecule has 4 atom stereocenters. The first-order chi connectivity index (χ1) is 9.83. The van der Waals surface area contributed by atoms with Gasteiger partial charge in [0.15, 0.2) is 17.1 Å². The maximum absolute atomic E-state index is 15.2. The summed E-state index contributed by atoms with van der Waals surface area (Å²) in [5.41, 5.74) is 4.09. The molecule has 7 nitrogen and oxygen atoms in total. The van der Waals surface area contributed by atoms with Crippen molar-refractivity contribution in [2.75, 3.05) is 5.73 Å². The van der Waals surface area contributed by atoms with Crippen LogP contribution in [0.2, 0.25) is 0 Å². The van der Waals surface area contributed by atoms with E-state index >= 15 is 4.39 Å². The van der Waals surface area contributed by atoms with Crippen molar-refractivity contribution < 1.29 is 14.2 Å². The molecule has 1 aliphatic rings. The van der Waals surface area contributed by atoms with Gasteiger partial charge in [-0.1, -0.05) is 13.8 Å². The summed E-state index contributed by atoms with van der Waals surface area (Å²) < 4.78 is 22.1. The third kappa shape index (κ3) is 1.69. The lowest BCUT2D eigenvalue weighted by atomic mass is 9.83. The Morgan fingerprint density at radius 2 is 2.24 bits per heavy atom. The van der Waals surface area contributed by atoms with Gasteiger partial charge in [0.2, 0.25) is 5.79 Å². The van der Waals surface area contributed by atoms with Gasteiger partial charge in [0.05, 0.1) is 12.3 Å². The van der Waals surface area contributed by atoms with Gasteiger partial charge in [-0.05, 0) is 13.3 Å². The number of alkyl halides is 1. The van der Waals surface area contributed by atoms with Gasteiger partial charge in [0, 0.05) is 5.92 Å². The minimum absolute atomic E-state index is 0.111. The molecular weight excluding hydrogens is 277 g/mol. The summed E-state index contributed by atoms with van der Waals surface area (Å²) in [5, 5.41) is 14.9. The summed E-state index contributed by atoms with van der Waals surface area (Å²) in [4.78, 5) is 7.88. The van der Waals surface area contributed by atoms with Gasteiger partial charge in [0.1, 0.15) is 12.0 Å². The Morgan fingerprint density at radius 1 is 1.52 bits per heavy atom. The van der Waals surface area contributed by atoms with Crippen LogP contribution in [0.25, 0.3) is 5.65 Å². The van der Waals surface area contributed by atoms with Crippen LogP contribution in [0.1, 0.15) is 32.9 Å². The molecule has 21 heavy (non-hydrogen) atoms. The normalized spacial score (nSPS) is 36.4. The number of rotatable bonds is 2. The topological polar surface area (TPSA) is 98.6 Å². The number of hydrogen-bond acceptors (Lipinski definition) is 6. The second-order valence-electron chi connectivity index (χ2n) is 5.60. The van der Waals surface area contributed by atoms with Crippen LogP contribution in [0.15, 0.2) is 12.5 Å². The quantitative estimate of drug-likeness (QED) is 0.858. The zero-order chi connectivity index (χ0) is 15.4. The fourth-order valence-electron chi connectivity index (χ4n) is 2.91. The Hall–Kier alpha value is -1.80. The van der Waals surface area contributed by atoms with Crippen molar-refractivity contribution in [1.29, 1.82) is 0 Å². The summed E-state index contributed by atoms with van der Waals surface area (Å²) in [6.45, 7) is 4.94. The highest BCUT2D eigenvalue weighted by molar-refractivity contribution is 5.59. The molecule has 0 spiro atoms. The molecule has 2 aromatic rings. The van der Waals surface area contributed by atoms with E-state index in [1.165, 1.54) is 24.0 Å². The molecule has 0 unspecified atom stereocenters. The molecule has 0 aliphatic carbocycles. The molecule has 0 aromatic carbocycles. The summed E-state index contributed by atoms with van der Waals surface area (Å²) in [6, 6.07) is 0. The van der Waals surface area contributed by atoms with Crippen LogP contribution in [-0.2, 0) is 10.5 Å². The molecule has 0 radical (unpaired) electrons. The van der Waals surface area contributed by atoms with E-state index in [9.17, 15) is 5.11 Å². The molecule has 3 N–H and O–H groups in total. The Morgan fingerprint density at radius 3 is 2.86 bits per heavy atom. The summed E-state index contributed by atoms with van der Waals surface area (Å²) >= 11 is 0. The van der Waals surface area contributed by atoms with E-state index in [2.05, 4.69) is 15.1 Å². The first kappa shape index (κ1) is 14.2. The molecule has 8 heteroatoms. The number of aliphatic hydroxyl groups is 1. The van der Waals surface area contributed by atoms with Gasteiger partial charge in [0.25, 0.3) is 0 Å². The Kier molecular flexibility index (Phi) is 2.93. The van der Waals surface area contributed by atoms with Crippen LogP contribution in [-0.4, -0.2) is 36.5 Å². The minimum Gasteiger partial charge on any atom is -0.381 e.